The number of nitrogens with one attached hydrogen (secondary N) is 1. The molecule has 2 heterocycles. The van der Waals surface area contributed by atoms with Crippen LogP contribution in [-0.4, -0.2) is 51.6 Å². The van der Waals surface area contributed by atoms with Crippen LogP contribution in [0.1, 0.15) is 0 Å². The Morgan fingerprint density at radius 1 is 1.45 bits per heavy atom. The minimum absolute atomic E-state index is 0.0392. The highest BCUT2D eigenvalue weighted by Gasteiger charge is 2.25. The van der Waals surface area contributed by atoms with Crippen LogP contribution in [0.3, 0.4) is 0 Å². The zero-order chi connectivity index (χ0) is 15.7. The molecule has 1 aromatic heterocycles. The largest absolute Gasteiger partial charge is 0.480 e. The van der Waals surface area contributed by atoms with Crippen molar-refractivity contribution in [2.24, 2.45) is 0 Å². The Labute approximate surface area is 124 Å². The average Bonchev–Trinajstić information content (AvgIpc) is 2.53. The maximum atomic E-state index is 11.1. The number of anilines is 1. The Morgan fingerprint density at radius 2 is 2.27 bits per heavy atom. The molecule has 0 aliphatic carbocycles. The summed E-state index contributed by atoms with van der Waals surface area (Å²) in [6.45, 7) is 1.45. The number of non-ortho nitro benzene ring substituents is 1. The Balaban J connectivity index is 1.90. The molecule has 0 radical (unpaired) electrons. The van der Waals surface area contributed by atoms with E-state index in [-0.39, 0.29) is 5.69 Å². The van der Waals surface area contributed by atoms with Crippen LogP contribution in [0.15, 0.2) is 24.4 Å². The molecule has 3 rings (SSSR count). The third kappa shape index (κ3) is 2.66. The van der Waals surface area contributed by atoms with Gasteiger partial charge in [0.15, 0.2) is 0 Å². The van der Waals surface area contributed by atoms with Gasteiger partial charge >= 0.3 is 5.97 Å². The summed E-state index contributed by atoms with van der Waals surface area (Å²) in [6, 6.07) is 3.63. The van der Waals surface area contributed by atoms with Gasteiger partial charge in [-0.2, -0.15) is 0 Å². The van der Waals surface area contributed by atoms with Gasteiger partial charge in [-0.25, -0.2) is 4.98 Å². The van der Waals surface area contributed by atoms with Gasteiger partial charge in [0, 0.05) is 31.8 Å². The summed E-state index contributed by atoms with van der Waals surface area (Å²) >= 11 is 0. The quantitative estimate of drug-likeness (QED) is 0.617. The topological polar surface area (TPSA) is 121 Å². The first-order chi connectivity index (χ1) is 10.5. The smallest absolute Gasteiger partial charge is 0.322 e. The summed E-state index contributed by atoms with van der Waals surface area (Å²) in [4.78, 5) is 31.8. The van der Waals surface area contributed by atoms with E-state index in [1.807, 2.05) is 4.90 Å². The van der Waals surface area contributed by atoms with Crippen LogP contribution in [0.2, 0.25) is 0 Å². The summed E-state index contributed by atoms with van der Waals surface area (Å²) < 4.78 is 0. The number of nitro benzene ring substituents is 1. The third-order valence-corrected chi connectivity index (χ3v) is 3.52. The van der Waals surface area contributed by atoms with Crippen LogP contribution in [0.4, 0.5) is 11.5 Å². The molecule has 1 fully saturated rings. The van der Waals surface area contributed by atoms with Crippen LogP contribution >= 0.6 is 0 Å². The molecule has 0 spiro atoms. The minimum atomic E-state index is -0.908. The molecule has 1 aromatic carbocycles. The van der Waals surface area contributed by atoms with Gasteiger partial charge in [0.05, 0.1) is 22.2 Å². The maximum Gasteiger partial charge on any atom is 0.322 e. The molecule has 2 aromatic rings. The predicted molar refractivity (Wildman–Crippen MR) is 77.8 cm³/mol. The van der Waals surface area contributed by atoms with E-state index < -0.39 is 16.9 Å². The number of carboxylic acids is 1. The first-order valence-electron chi connectivity index (χ1n) is 6.67. The molecule has 1 aliphatic heterocycles. The second kappa shape index (κ2) is 5.53. The summed E-state index contributed by atoms with van der Waals surface area (Å²) in [5.74, 6) is -0.344. The molecule has 0 saturated carbocycles. The highest BCUT2D eigenvalue weighted by atomic mass is 16.6. The number of nitrogens with zero attached hydrogens (tertiary/aromatic N) is 4. The number of fused-ring (bicyclic) bond motifs is 1. The second-order valence-electron chi connectivity index (χ2n) is 4.95. The van der Waals surface area contributed by atoms with E-state index in [2.05, 4.69) is 15.3 Å². The number of nitro groups is 1. The van der Waals surface area contributed by atoms with E-state index >= 15 is 0 Å². The van der Waals surface area contributed by atoms with E-state index in [0.29, 0.717) is 36.5 Å². The first-order valence-corrected chi connectivity index (χ1v) is 6.67. The number of piperazine rings is 1. The number of benzene rings is 1. The predicted octanol–water partition coefficient (Wildman–Crippen LogP) is 0.401. The summed E-state index contributed by atoms with van der Waals surface area (Å²) in [6.07, 6.45) is 1.51. The lowest BCUT2D eigenvalue weighted by Gasteiger charge is -2.32. The highest BCUT2D eigenvalue weighted by molar-refractivity contribution is 5.78. The molecule has 1 saturated heterocycles. The third-order valence-electron chi connectivity index (χ3n) is 3.52. The molecule has 0 bridgehead atoms. The van der Waals surface area contributed by atoms with Crippen molar-refractivity contribution in [2.75, 3.05) is 24.5 Å². The SMILES string of the molecule is O=C(O)[C@H]1CN(c2cnc3cc([N+](=O)[O-])ccc3n2)CCN1. The molecule has 0 amide bonds. The molecule has 2 N–H and O–H groups in total. The zero-order valence-corrected chi connectivity index (χ0v) is 11.5. The lowest BCUT2D eigenvalue weighted by molar-refractivity contribution is -0.384. The minimum Gasteiger partial charge on any atom is -0.480 e. The Morgan fingerprint density at radius 3 is 3.00 bits per heavy atom. The fourth-order valence-electron chi connectivity index (χ4n) is 2.38. The lowest BCUT2D eigenvalue weighted by atomic mass is 10.2. The molecule has 22 heavy (non-hydrogen) atoms. The number of aliphatic carboxylic acids is 1. The summed E-state index contributed by atoms with van der Waals surface area (Å²) in [5, 5.41) is 22.7. The van der Waals surface area contributed by atoms with Crippen LogP contribution in [-0.2, 0) is 4.79 Å². The van der Waals surface area contributed by atoms with Crippen molar-refractivity contribution in [1.29, 1.82) is 0 Å². The van der Waals surface area contributed by atoms with Crippen molar-refractivity contribution >= 4 is 28.5 Å². The number of carbonyl (C=O) groups is 1. The average molecular weight is 303 g/mol. The van der Waals surface area contributed by atoms with Gasteiger partial charge < -0.3 is 15.3 Å². The maximum absolute atomic E-state index is 11.1. The van der Waals surface area contributed by atoms with Crippen molar-refractivity contribution in [3.63, 3.8) is 0 Å². The van der Waals surface area contributed by atoms with E-state index in [4.69, 9.17) is 5.11 Å². The van der Waals surface area contributed by atoms with Crippen molar-refractivity contribution in [2.45, 2.75) is 6.04 Å². The van der Waals surface area contributed by atoms with Gasteiger partial charge in [-0.15, -0.1) is 0 Å². The summed E-state index contributed by atoms with van der Waals surface area (Å²) in [7, 11) is 0. The number of rotatable bonds is 3. The molecule has 1 aliphatic rings. The number of carboxylic acid groups (broad SMARTS) is 1. The van der Waals surface area contributed by atoms with Gasteiger partial charge in [0.1, 0.15) is 11.9 Å². The summed E-state index contributed by atoms with van der Waals surface area (Å²) in [5.41, 5.74) is 0.930. The Hall–Kier alpha value is -2.81. The van der Waals surface area contributed by atoms with Crippen LogP contribution in [0.5, 0.6) is 0 Å². The van der Waals surface area contributed by atoms with Crippen LogP contribution in [0, 0.1) is 10.1 Å². The molecule has 9 heteroatoms. The van der Waals surface area contributed by atoms with Gasteiger partial charge in [-0.1, -0.05) is 0 Å². The van der Waals surface area contributed by atoms with Crippen LogP contribution in [0.25, 0.3) is 11.0 Å². The van der Waals surface area contributed by atoms with Crippen LogP contribution < -0.4 is 10.2 Å². The standard InChI is InChI=1S/C13H13N5O4/c19-13(20)11-7-17(4-3-14-11)12-6-15-10-5-8(18(21)22)1-2-9(10)16-12/h1-2,5-6,11,14H,3-4,7H2,(H,19,20)/t11-/m1/s1. The fourth-order valence-corrected chi connectivity index (χ4v) is 2.38. The van der Waals surface area contributed by atoms with Crippen molar-refractivity contribution in [1.82, 2.24) is 15.3 Å². The fraction of sp³-hybridized carbons (Fsp3) is 0.308. The molecule has 1 atom stereocenters. The Bertz CT molecular complexity index is 750. The molecule has 0 unspecified atom stereocenters. The monoisotopic (exact) mass is 303 g/mol. The number of aromatic nitrogens is 2. The number of hydrogen-bond acceptors (Lipinski definition) is 7. The van der Waals surface area contributed by atoms with E-state index in [0.717, 1.165) is 0 Å². The van der Waals surface area contributed by atoms with Gasteiger partial charge in [-0.05, 0) is 6.07 Å². The van der Waals surface area contributed by atoms with Crippen molar-refractivity contribution in [3.05, 3.63) is 34.5 Å². The van der Waals surface area contributed by atoms with E-state index in [1.165, 1.54) is 18.3 Å². The van der Waals surface area contributed by atoms with E-state index in [9.17, 15) is 14.9 Å². The highest BCUT2D eigenvalue weighted by Crippen LogP contribution is 2.21. The van der Waals surface area contributed by atoms with Gasteiger partial charge in [-0.3, -0.25) is 19.9 Å². The molecule has 9 nitrogen and oxygen atoms in total. The molecular formula is C13H13N5O4. The van der Waals surface area contributed by atoms with Crippen molar-refractivity contribution in [3.8, 4) is 0 Å². The lowest BCUT2D eigenvalue weighted by Crippen LogP contribution is -2.54. The second-order valence-corrected chi connectivity index (χ2v) is 4.95. The number of hydrogen-bond donors (Lipinski definition) is 2. The Kier molecular flexibility index (Phi) is 3.55. The first kappa shape index (κ1) is 14.1. The van der Waals surface area contributed by atoms with Gasteiger partial charge in [0.25, 0.3) is 5.69 Å². The van der Waals surface area contributed by atoms with Gasteiger partial charge in [0.2, 0.25) is 0 Å². The van der Waals surface area contributed by atoms with Crippen molar-refractivity contribution < 1.29 is 14.8 Å². The molecular weight excluding hydrogens is 290 g/mol. The normalized spacial score (nSPS) is 18.4. The molecule has 114 valence electrons. The zero-order valence-electron chi connectivity index (χ0n) is 11.5. The van der Waals surface area contributed by atoms with E-state index in [1.54, 1.807) is 6.07 Å².